The van der Waals surface area contributed by atoms with Gasteiger partial charge in [0.2, 0.25) is 6.29 Å². The molecule has 1 aliphatic rings. The van der Waals surface area contributed by atoms with Crippen molar-refractivity contribution in [3.8, 4) is 5.75 Å². The number of rotatable bonds is 8. The van der Waals surface area contributed by atoms with Crippen molar-refractivity contribution >= 4 is 11.7 Å². The molecule has 0 aromatic heterocycles. The third kappa shape index (κ3) is 5.09. The maximum atomic E-state index is 10.7. The van der Waals surface area contributed by atoms with Crippen molar-refractivity contribution in [2.24, 2.45) is 0 Å². The predicted molar refractivity (Wildman–Crippen MR) is 92.4 cm³/mol. The fraction of sp³-hybridized carbons (Fsp3) is 0.471. The number of ether oxygens (including phenoxy) is 2. The van der Waals surface area contributed by atoms with Gasteiger partial charge in [0, 0.05) is 19.2 Å². The molecule has 6 N–H and O–H groups in total. The van der Waals surface area contributed by atoms with Crippen LogP contribution in [0.4, 0.5) is 5.69 Å². The van der Waals surface area contributed by atoms with E-state index in [2.05, 4.69) is 17.2 Å². The molecular formula is C17H24N2O7. The summed E-state index contributed by atoms with van der Waals surface area (Å²) in [4.78, 5) is 10.7. The Kier molecular flexibility index (Phi) is 6.81. The number of aliphatic carboxylic acids is 1. The molecule has 0 bridgehead atoms. The van der Waals surface area contributed by atoms with E-state index in [9.17, 15) is 20.1 Å². The van der Waals surface area contributed by atoms with Crippen LogP contribution in [-0.4, -0.2) is 64.1 Å². The molecule has 0 unspecified atom stereocenters. The highest BCUT2D eigenvalue weighted by molar-refractivity contribution is 5.66. The first-order valence-corrected chi connectivity index (χ1v) is 8.13. The first-order chi connectivity index (χ1) is 12.3. The van der Waals surface area contributed by atoms with Crippen molar-refractivity contribution in [1.82, 2.24) is 5.32 Å². The number of anilines is 1. The van der Waals surface area contributed by atoms with Crippen LogP contribution in [-0.2, 0) is 9.53 Å². The third-order valence-corrected chi connectivity index (χ3v) is 4.01. The van der Waals surface area contributed by atoms with Crippen molar-refractivity contribution in [2.75, 3.05) is 12.4 Å². The zero-order chi connectivity index (χ0) is 19.3. The van der Waals surface area contributed by atoms with E-state index in [0.717, 1.165) is 5.69 Å². The molecule has 0 saturated carbocycles. The Bertz CT molecular complexity index is 622. The molecule has 2 rings (SSSR count). The molecule has 1 aromatic carbocycles. The van der Waals surface area contributed by atoms with E-state index < -0.39 is 36.7 Å². The van der Waals surface area contributed by atoms with Gasteiger partial charge in [-0.25, -0.2) is 0 Å². The van der Waals surface area contributed by atoms with E-state index in [4.69, 9.17) is 14.6 Å². The molecule has 0 spiro atoms. The molecule has 0 radical (unpaired) electrons. The minimum absolute atomic E-state index is 0.0187. The molecule has 5 atom stereocenters. The largest absolute Gasteiger partial charge is 0.481 e. The number of hydrogen-bond acceptors (Lipinski definition) is 8. The van der Waals surface area contributed by atoms with Crippen LogP contribution in [0.25, 0.3) is 0 Å². The van der Waals surface area contributed by atoms with Gasteiger partial charge in [0.15, 0.2) is 0 Å². The summed E-state index contributed by atoms with van der Waals surface area (Å²) in [6.07, 6.45) is -6.85. The Morgan fingerprint density at radius 2 is 1.85 bits per heavy atom. The monoisotopic (exact) mass is 368 g/mol. The molecule has 1 aromatic rings. The number of aliphatic hydroxyl groups excluding tert-OH is 3. The summed E-state index contributed by atoms with van der Waals surface area (Å²) in [5, 5.41) is 44.6. The summed E-state index contributed by atoms with van der Waals surface area (Å²) in [6, 6.07) is 6.70. The molecule has 1 aliphatic heterocycles. The lowest BCUT2D eigenvalue weighted by Crippen LogP contribution is -2.59. The summed E-state index contributed by atoms with van der Waals surface area (Å²) in [6.45, 7) is 3.75. The van der Waals surface area contributed by atoms with Crippen molar-refractivity contribution < 1.29 is 34.7 Å². The highest BCUT2D eigenvalue weighted by Crippen LogP contribution is 2.27. The summed E-state index contributed by atoms with van der Waals surface area (Å²) in [5.41, 5.74) is 0.761. The van der Waals surface area contributed by atoms with Crippen LogP contribution >= 0.6 is 0 Å². The number of hydrogen-bond donors (Lipinski definition) is 6. The Labute approximate surface area is 150 Å². The van der Waals surface area contributed by atoms with Gasteiger partial charge in [0.1, 0.15) is 24.1 Å². The molecule has 1 heterocycles. The second-order valence-corrected chi connectivity index (χ2v) is 5.94. The van der Waals surface area contributed by atoms with Crippen molar-refractivity contribution in [2.45, 2.75) is 43.5 Å². The van der Waals surface area contributed by atoms with Gasteiger partial charge in [-0.05, 0) is 30.7 Å². The Hall–Kier alpha value is -2.33. The molecule has 0 aliphatic carbocycles. The van der Waals surface area contributed by atoms with Gasteiger partial charge in [-0.2, -0.15) is 0 Å². The third-order valence-electron chi connectivity index (χ3n) is 4.01. The minimum atomic E-state index is -1.51. The number of aliphatic hydroxyl groups is 3. The van der Waals surface area contributed by atoms with E-state index in [-0.39, 0.29) is 12.8 Å². The van der Waals surface area contributed by atoms with Gasteiger partial charge in [0.25, 0.3) is 0 Å². The molecule has 9 nitrogen and oxygen atoms in total. The van der Waals surface area contributed by atoms with Gasteiger partial charge < -0.3 is 40.5 Å². The first kappa shape index (κ1) is 20.0. The number of carboxylic acid groups (broad SMARTS) is 1. The second kappa shape index (κ2) is 8.86. The number of nitrogens with one attached hydrogen (secondary N) is 2. The number of benzene rings is 1. The molecule has 1 fully saturated rings. The normalized spacial score (nSPS) is 28.2. The average molecular weight is 368 g/mol. The van der Waals surface area contributed by atoms with Crippen LogP contribution in [0, 0.1) is 0 Å². The highest BCUT2D eigenvalue weighted by Gasteiger charge is 2.44. The molecule has 26 heavy (non-hydrogen) atoms. The maximum Gasteiger partial charge on any atom is 0.303 e. The van der Waals surface area contributed by atoms with Crippen LogP contribution in [0.15, 0.2) is 36.7 Å². The van der Waals surface area contributed by atoms with Crippen molar-refractivity contribution in [1.29, 1.82) is 0 Å². The van der Waals surface area contributed by atoms with Crippen LogP contribution in [0.2, 0.25) is 0 Å². The van der Waals surface area contributed by atoms with Crippen LogP contribution < -0.4 is 15.4 Å². The molecule has 144 valence electrons. The lowest BCUT2D eigenvalue weighted by molar-refractivity contribution is -0.273. The number of carbonyl (C=O) groups is 1. The molecule has 9 heteroatoms. The van der Waals surface area contributed by atoms with E-state index in [1.54, 1.807) is 31.3 Å². The van der Waals surface area contributed by atoms with Gasteiger partial charge >= 0.3 is 5.97 Å². The van der Waals surface area contributed by atoms with Gasteiger partial charge in [-0.15, -0.1) is 0 Å². The summed E-state index contributed by atoms with van der Waals surface area (Å²) < 4.78 is 11.0. The summed E-state index contributed by atoms with van der Waals surface area (Å²) in [5.74, 6) is -0.0662. The Balaban J connectivity index is 2.02. The highest BCUT2D eigenvalue weighted by atomic mass is 16.7. The SMILES string of the molecule is C=C(NC)Nc1ccc(O[C@H]2O[C@H](CCC(=O)O)[C@@H](O)[C@H](O)[C@@H]2O)cc1. The maximum absolute atomic E-state index is 10.7. The molecule has 1 saturated heterocycles. The lowest BCUT2D eigenvalue weighted by Gasteiger charge is -2.40. The van der Waals surface area contributed by atoms with Crippen LogP contribution in [0.3, 0.4) is 0 Å². The summed E-state index contributed by atoms with van der Waals surface area (Å²) >= 11 is 0. The fourth-order valence-electron chi connectivity index (χ4n) is 2.51. The minimum Gasteiger partial charge on any atom is -0.481 e. The fourth-order valence-corrected chi connectivity index (χ4v) is 2.51. The molecular weight excluding hydrogens is 344 g/mol. The van der Waals surface area contributed by atoms with Crippen molar-refractivity contribution in [3.63, 3.8) is 0 Å². The molecule has 0 amide bonds. The van der Waals surface area contributed by atoms with E-state index in [0.29, 0.717) is 11.6 Å². The second-order valence-electron chi connectivity index (χ2n) is 5.94. The summed E-state index contributed by atoms with van der Waals surface area (Å²) in [7, 11) is 1.73. The lowest BCUT2D eigenvalue weighted by atomic mass is 9.96. The van der Waals surface area contributed by atoms with E-state index in [1.165, 1.54) is 0 Å². The Morgan fingerprint density at radius 1 is 1.19 bits per heavy atom. The van der Waals surface area contributed by atoms with Crippen LogP contribution in [0.1, 0.15) is 12.8 Å². The van der Waals surface area contributed by atoms with Crippen LogP contribution in [0.5, 0.6) is 5.75 Å². The Morgan fingerprint density at radius 3 is 2.42 bits per heavy atom. The zero-order valence-electron chi connectivity index (χ0n) is 14.3. The smallest absolute Gasteiger partial charge is 0.303 e. The van der Waals surface area contributed by atoms with Gasteiger partial charge in [-0.1, -0.05) is 6.58 Å². The van der Waals surface area contributed by atoms with E-state index in [1.807, 2.05) is 0 Å². The van der Waals surface area contributed by atoms with Crippen molar-refractivity contribution in [3.05, 3.63) is 36.7 Å². The first-order valence-electron chi connectivity index (χ1n) is 8.13. The van der Waals surface area contributed by atoms with Gasteiger partial charge in [0.05, 0.1) is 11.9 Å². The number of carboxylic acids is 1. The average Bonchev–Trinajstić information content (AvgIpc) is 2.62. The van der Waals surface area contributed by atoms with Gasteiger partial charge in [-0.3, -0.25) is 4.79 Å². The predicted octanol–water partition coefficient (Wildman–Crippen LogP) is -0.160. The van der Waals surface area contributed by atoms with E-state index >= 15 is 0 Å². The quantitative estimate of drug-likeness (QED) is 0.369. The standard InChI is InChI=1S/C17H24N2O7/c1-9(18-2)19-10-3-5-11(6-4-10)25-17-16(24)15(23)14(22)12(26-17)7-8-13(20)21/h3-6,12,14-19,22-24H,1,7-8H2,2H3,(H,20,21)/t12-,14-,15+,16+,17+/m1/s1. The zero-order valence-corrected chi connectivity index (χ0v) is 14.3. The topological polar surface area (TPSA) is 141 Å².